The molecule has 3 nitrogen and oxygen atoms in total. The first-order valence-electron chi connectivity index (χ1n) is 14.8. The third-order valence-corrected chi connectivity index (χ3v) is 6.25. The van der Waals surface area contributed by atoms with Crippen molar-refractivity contribution in [2.45, 2.75) is 168 Å². The van der Waals surface area contributed by atoms with E-state index in [1.165, 1.54) is 128 Å². The number of rotatable bonds is 25. The summed E-state index contributed by atoms with van der Waals surface area (Å²) < 4.78 is 0. The standard InChI is InChI=1S/C18H34O2.C12H27N.ClH.Na/c1-2-3-4-5-6-7-8-9-10-11-12-13-14-15-16-17-18(19)20;1-2-3-4-5-6-7-8-9-10-11-12-13;;/h9-10H,2-8,11-17H2,1H3,(H,19,20);2-13H2,1H3;1H;/q;;;+1/p-1/b10-9-;;;. The van der Waals surface area contributed by atoms with Crippen LogP contribution in [0.4, 0.5) is 0 Å². The Morgan fingerprint density at radius 2 is 0.886 bits per heavy atom. The Hall–Kier alpha value is 0.460. The summed E-state index contributed by atoms with van der Waals surface area (Å²) in [5.74, 6) is -0.914. The molecule has 0 aromatic heterocycles. The van der Waals surface area contributed by atoms with Gasteiger partial charge in [-0.15, -0.1) is 0 Å². The van der Waals surface area contributed by atoms with Crippen molar-refractivity contribution < 1.29 is 57.6 Å². The van der Waals surface area contributed by atoms with Crippen LogP contribution >= 0.6 is 0 Å². The predicted molar refractivity (Wildman–Crippen MR) is 144 cm³/mol. The summed E-state index contributed by atoms with van der Waals surface area (Å²) in [6.45, 7) is 5.65. The van der Waals surface area contributed by atoms with E-state index < -0.39 is 5.97 Å². The van der Waals surface area contributed by atoms with Crippen LogP contribution in [-0.2, 0) is 4.79 Å². The van der Waals surface area contributed by atoms with Gasteiger partial charge in [-0.2, -0.15) is 0 Å². The Labute approximate surface area is 249 Å². The van der Waals surface area contributed by atoms with E-state index in [0.29, 0.717) is 0 Å². The molecule has 206 valence electrons. The van der Waals surface area contributed by atoms with E-state index in [4.69, 9.17) is 0 Å². The van der Waals surface area contributed by atoms with Gasteiger partial charge in [0.15, 0.2) is 0 Å². The summed E-state index contributed by atoms with van der Waals surface area (Å²) in [4.78, 5) is 10.2. The summed E-state index contributed by atoms with van der Waals surface area (Å²) in [6, 6.07) is 0. The minimum absolute atomic E-state index is 0. The van der Waals surface area contributed by atoms with Gasteiger partial charge in [-0.05, 0) is 51.4 Å². The van der Waals surface area contributed by atoms with Crippen LogP contribution in [0.3, 0.4) is 0 Å². The third-order valence-electron chi connectivity index (χ3n) is 6.25. The maximum atomic E-state index is 10.2. The van der Waals surface area contributed by atoms with Crippen molar-refractivity contribution in [3.05, 3.63) is 12.2 Å². The number of carbonyl (C=O) groups is 1. The average Bonchev–Trinajstić information content (AvgIpc) is 2.81. The van der Waals surface area contributed by atoms with Crippen LogP contribution in [0.25, 0.3) is 0 Å². The normalized spacial score (nSPS) is 10.4. The van der Waals surface area contributed by atoms with Crippen molar-refractivity contribution in [3.8, 4) is 0 Å². The number of allylic oxidation sites excluding steroid dienone is 2. The predicted octanol–water partition coefficient (Wildman–Crippen LogP) is 1.93. The monoisotopic (exact) mass is 525 g/mol. The molecular formula is C30H61ClNNaO2. The Morgan fingerprint density at radius 1 is 0.571 bits per heavy atom. The molecular weight excluding hydrogens is 465 g/mol. The number of aliphatic carboxylic acids is 1. The SMILES string of the molecule is CCCCCCCC/C=C\CCCCCCCC(=O)[O-].CCCCCCCCCCCC[NH3+].[Cl-].[Na+]. The maximum absolute atomic E-state index is 10.2. The van der Waals surface area contributed by atoms with Crippen molar-refractivity contribution in [3.63, 3.8) is 0 Å². The summed E-state index contributed by atoms with van der Waals surface area (Å²) >= 11 is 0. The summed E-state index contributed by atoms with van der Waals surface area (Å²) in [6.07, 6.45) is 35.1. The zero-order valence-electron chi connectivity index (χ0n) is 24.2. The van der Waals surface area contributed by atoms with E-state index in [9.17, 15) is 9.90 Å². The number of hydrogen-bond donors (Lipinski definition) is 1. The first-order chi connectivity index (χ1) is 16.2. The molecule has 5 heteroatoms. The topological polar surface area (TPSA) is 67.8 Å². The largest absolute Gasteiger partial charge is 1.00 e. The van der Waals surface area contributed by atoms with Crippen molar-refractivity contribution >= 4 is 5.97 Å². The number of carboxylic acids is 1. The summed E-state index contributed by atoms with van der Waals surface area (Å²) in [7, 11) is 0. The Balaban J connectivity index is -0.000000281. The molecule has 0 aliphatic rings. The molecule has 3 N–H and O–H groups in total. The minimum Gasteiger partial charge on any atom is -1.00 e. The molecule has 0 saturated carbocycles. The van der Waals surface area contributed by atoms with E-state index in [-0.39, 0.29) is 48.4 Å². The molecule has 0 rings (SSSR count). The van der Waals surface area contributed by atoms with E-state index >= 15 is 0 Å². The van der Waals surface area contributed by atoms with E-state index in [1.807, 2.05) is 0 Å². The quantitative estimate of drug-likeness (QED) is 0.112. The number of carbonyl (C=O) groups excluding carboxylic acids is 1. The summed E-state index contributed by atoms with van der Waals surface area (Å²) in [5.41, 5.74) is 3.85. The van der Waals surface area contributed by atoms with Gasteiger partial charge in [-0.1, -0.05) is 129 Å². The fourth-order valence-electron chi connectivity index (χ4n) is 4.00. The Morgan fingerprint density at radius 3 is 1.23 bits per heavy atom. The number of quaternary nitrogens is 1. The molecule has 0 fully saturated rings. The van der Waals surface area contributed by atoms with Crippen molar-refractivity contribution in [2.75, 3.05) is 6.54 Å². The van der Waals surface area contributed by atoms with Gasteiger partial charge in [0, 0.05) is 5.97 Å². The molecule has 35 heavy (non-hydrogen) atoms. The molecule has 0 bridgehead atoms. The molecule has 0 saturated heterocycles. The second-order valence-electron chi connectivity index (χ2n) is 9.74. The van der Waals surface area contributed by atoms with E-state index in [0.717, 1.165) is 25.8 Å². The maximum Gasteiger partial charge on any atom is 1.00 e. The van der Waals surface area contributed by atoms with Crippen LogP contribution in [0.15, 0.2) is 12.2 Å². The van der Waals surface area contributed by atoms with Gasteiger partial charge in [-0.25, -0.2) is 0 Å². The van der Waals surface area contributed by atoms with Gasteiger partial charge in [-0.3, -0.25) is 0 Å². The van der Waals surface area contributed by atoms with Crippen molar-refractivity contribution in [1.29, 1.82) is 0 Å². The van der Waals surface area contributed by atoms with Crippen LogP contribution in [0, 0.1) is 0 Å². The van der Waals surface area contributed by atoms with Crippen LogP contribution in [-0.4, -0.2) is 12.5 Å². The van der Waals surface area contributed by atoms with Crippen LogP contribution in [0.5, 0.6) is 0 Å². The molecule has 0 aromatic rings. The smallest absolute Gasteiger partial charge is 1.00 e. The van der Waals surface area contributed by atoms with Gasteiger partial charge < -0.3 is 28.0 Å². The van der Waals surface area contributed by atoms with Gasteiger partial charge in [0.2, 0.25) is 0 Å². The average molecular weight is 526 g/mol. The minimum atomic E-state index is -0.914. The van der Waals surface area contributed by atoms with Gasteiger partial charge in [0.25, 0.3) is 0 Å². The molecule has 0 unspecified atom stereocenters. The van der Waals surface area contributed by atoms with Crippen molar-refractivity contribution in [2.24, 2.45) is 0 Å². The molecule has 0 amide bonds. The zero-order chi connectivity index (χ0) is 24.7. The number of halogens is 1. The first kappa shape index (κ1) is 42.5. The molecule has 0 aromatic carbocycles. The second kappa shape index (κ2) is 41.6. The van der Waals surface area contributed by atoms with E-state index in [1.54, 1.807) is 0 Å². The third kappa shape index (κ3) is 48.2. The first-order valence-corrected chi connectivity index (χ1v) is 14.8. The van der Waals surface area contributed by atoms with Gasteiger partial charge >= 0.3 is 29.6 Å². The fourth-order valence-corrected chi connectivity index (χ4v) is 4.00. The molecule has 0 aliphatic carbocycles. The van der Waals surface area contributed by atoms with Crippen LogP contribution in [0.1, 0.15) is 168 Å². The second-order valence-corrected chi connectivity index (χ2v) is 9.74. The number of hydrogen-bond acceptors (Lipinski definition) is 2. The number of unbranched alkanes of at least 4 members (excludes halogenated alkanes) is 20. The molecule has 0 atom stereocenters. The molecule has 0 spiro atoms. The fraction of sp³-hybridized carbons (Fsp3) is 0.900. The van der Waals surface area contributed by atoms with Gasteiger partial charge in [0.05, 0.1) is 6.54 Å². The van der Waals surface area contributed by atoms with E-state index in [2.05, 4.69) is 31.7 Å². The Bertz CT molecular complexity index is 385. The van der Waals surface area contributed by atoms with Crippen molar-refractivity contribution in [1.82, 2.24) is 0 Å². The van der Waals surface area contributed by atoms with Crippen LogP contribution in [0.2, 0.25) is 0 Å². The molecule has 0 aliphatic heterocycles. The molecule has 0 radical (unpaired) electrons. The van der Waals surface area contributed by atoms with Crippen LogP contribution < -0.4 is 52.8 Å². The molecule has 0 heterocycles. The van der Waals surface area contributed by atoms with Gasteiger partial charge in [0.1, 0.15) is 0 Å². The Kier molecular flexibility index (Phi) is 50.5. The zero-order valence-corrected chi connectivity index (χ0v) is 27.0. The number of carboxylic acid groups (broad SMARTS) is 1. The summed E-state index contributed by atoms with van der Waals surface area (Å²) in [5, 5.41) is 10.2.